The van der Waals surface area contributed by atoms with Crippen molar-refractivity contribution in [2.24, 2.45) is 0 Å². The topological polar surface area (TPSA) is 38.3 Å². The number of carbonyl (C=O) groups excluding carboxylic acids is 1. The second-order valence-corrected chi connectivity index (χ2v) is 6.44. The third kappa shape index (κ3) is 4.58. The van der Waals surface area contributed by atoms with Gasteiger partial charge in [-0.3, -0.25) is 4.79 Å². The van der Waals surface area contributed by atoms with Gasteiger partial charge in [0.1, 0.15) is 5.75 Å². The van der Waals surface area contributed by atoms with Gasteiger partial charge in [0.2, 0.25) is 0 Å². The molecule has 0 aliphatic carbocycles. The molecule has 2 aromatic rings. The van der Waals surface area contributed by atoms with Crippen LogP contribution in [-0.4, -0.2) is 12.5 Å². The number of nitrogens with one attached hydrogen (secondary N) is 1. The highest BCUT2D eigenvalue weighted by Crippen LogP contribution is 2.24. The average Bonchev–Trinajstić information content (AvgIpc) is 2.43. The first-order valence-electron chi connectivity index (χ1n) is 6.40. The molecule has 110 valence electrons. The van der Waals surface area contributed by atoms with Crippen LogP contribution in [0, 0.1) is 13.8 Å². The van der Waals surface area contributed by atoms with Crippen LogP contribution < -0.4 is 10.1 Å². The number of ether oxygens (including phenoxy) is 1. The van der Waals surface area contributed by atoms with E-state index < -0.39 is 0 Å². The van der Waals surface area contributed by atoms with E-state index in [1.54, 1.807) is 0 Å². The normalized spacial score (nSPS) is 10.3. The standard InChI is InChI=1S/C16H15Br2NO2/c1-10-3-6-15(14(18)7-10)19-16(20)9-21-12-4-5-13(17)11(2)8-12/h3-8H,9H2,1-2H3,(H,19,20). The van der Waals surface area contributed by atoms with Crippen LogP contribution in [0.1, 0.15) is 11.1 Å². The molecule has 0 aliphatic heterocycles. The van der Waals surface area contributed by atoms with E-state index in [2.05, 4.69) is 37.2 Å². The lowest BCUT2D eigenvalue weighted by molar-refractivity contribution is -0.118. The summed E-state index contributed by atoms with van der Waals surface area (Å²) in [4.78, 5) is 11.9. The van der Waals surface area contributed by atoms with Gasteiger partial charge in [0.05, 0.1) is 5.69 Å². The van der Waals surface area contributed by atoms with Crippen LogP contribution in [-0.2, 0) is 4.79 Å². The summed E-state index contributed by atoms with van der Waals surface area (Å²) in [5, 5.41) is 2.81. The van der Waals surface area contributed by atoms with Crippen molar-refractivity contribution in [1.82, 2.24) is 0 Å². The monoisotopic (exact) mass is 411 g/mol. The van der Waals surface area contributed by atoms with Gasteiger partial charge < -0.3 is 10.1 Å². The Bertz CT molecular complexity index is 671. The van der Waals surface area contributed by atoms with Crippen molar-refractivity contribution in [3.8, 4) is 5.75 Å². The van der Waals surface area contributed by atoms with Crippen molar-refractivity contribution in [2.45, 2.75) is 13.8 Å². The second kappa shape index (κ2) is 7.09. The lowest BCUT2D eigenvalue weighted by atomic mass is 10.2. The maximum absolute atomic E-state index is 11.9. The van der Waals surface area contributed by atoms with Gasteiger partial charge in [-0.05, 0) is 71.2 Å². The molecule has 21 heavy (non-hydrogen) atoms. The molecule has 0 atom stereocenters. The molecule has 2 aromatic carbocycles. The molecule has 0 spiro atoms. The molecule has 3 nitrogen and oxygen atoms in total. The maximum Gasteiger partial charge on any atom is 0.262 e. The minimum absolute atomic E-state index is 0.0264. The minimum atomic E-state index is -0.194. The predicted molar refractivity (Wildman–Crippen MR) is 91.9 cm³/mol. The molecule has 0 aliphatic rings. The summed E-state index contributed by atoms with van der Waals surface area (Å²) in [5.41, 5.74) is 2.93. The zero-order valence-corrected chi connectivity index (χ0v) is 14.9. The summed E-state index contributed by atoms with van der Waals surface area (Å²) in [7, 11) is 0. The van der Waals surface area contributed by atoms with Gasteiger partial charge in [-0.2, -0.15) is 0 Å². The number of benzene rings is 2. The first-order valence-corrected chi connectivity index (χ1v) is 7.99. The summed E-state index contributed by atoms with van der Waals surface area (Å²) in [6, 6.07) is 11.4. The smallest absolute Gasteiger partial charge is 0.262 e. The third-order valence-corrected chi connectivity index (χ3v) is 4.44. The molecule has 0 fully saturated rings. The van der Waals surface area contributed by atoms with Crippen LogP contribution in [0.5, 0.6) is 5.75 Å². The molecular formula is C16H15Br2NO2. The predicted octanol–water partition coefficient (Wildman–Crippen LogP) is 4.85. The SMILES string of the molecule is Cc1ccc(NC(=O)COc2ccc(Br)c(C)c2)c(Br)c1. The summed E-state index contributed by atoms with van der Waals surface area (Å²) >= 11 is 6.86. The Labute approximate surface area is 141 Å². The zero-order valence-electron chi connectivity index (χ0n) is 11.7. The fourth-order valence-electron chi connectivity index (χ4n) is 1.76. The van der Waals surface area contributed by atoms with Gasteiger partial charge in [0, 0.05) is 8.95 Å². The van der Waals surface area contributed by atoms with Crippen LogP contribution in [0.2, 0.25) is 0 Å². The van der Waals surface area contributed by atoms with E-state index in [0.717, 1.165) is 25.8 Å². The number of aryl methyl sites for hydroxylation is 2. The highest BCUT2D eigenvalue weighted by Gasteiger charge is 2.07. The van der Waals surface area contributed by atoms with E-state index in [4.69, 9.17) is 4.74 Å². The highest BCUT2D eigenvalue weighted by atomic mass is 79.9. The molecule has 1 amide bonds. The molecule has 0 saturated carbocycles. The van der Waals surface area contributed by atoms with Gasteiger partial charge in [-0.1, -0.05) is 22.0 Å². The Kier molecular flexibility index (Phi) is 5.42. The number of halogens is 2. The lowest BCUT2D eigenvalue weighted by Crippen LogP contribution is -2.20. The quantitative estimate of drug-likeness (QED) is 0.779. The van der Waals surface area contributed by atoms with Crippen molar-refractivity contribution in [1.29, 1.82) is 0 Å². The van der Waals surface area contributed by atoms with Crippen LogP contribution in [0.25, 0.3) is 0 Å². The number of hydrogen-bond donors (Lipinski definition) is 1. The lowest BCUT2D eigenvalue weighted by Gasteiger charge is -2.10. The second-order valence-electron chi connectivity index (χ2n) is 4.73. The van der Waals surface area contributed by atoms with Crippen LogP contribution in [0.3, 0.4) is 0 Å². The van der Waals surface area contributed by atoms with Crippen molar-refractivity contribution in [3.05, 3.63) is 56.5 Å². The first-order chi connectivity index (χ1) is 9.95. The van der Waals surface area contributed by atoms with E-state index in [1.165, 1.54) is 0 Å². The van der Waals surface area contributed by atoms with Gasteiger partial charge >= 0.3 is 0 Å². The molecule has 0 aromatic heterocycles. The minimum Gasteiger partial charge on any atom is -0.484 e. The van der Waals surface area contributed by atoms with Gasteiger partial charge in [0.25, 0.3) is 5.91 Å². The first kappa shape index (κ1) is 16.0. The van der Waals surface area contributed by atoms with E-state index in [0.29, 0.717) is 5.75 Å². The number of amides is 1. The number of hydrogen-bond acceptors (Lipinski definition) is 2. The van der Waals surface area contributed by atoms with E-state index in [9.17, 15) is 4.79 Å². The molecule has 5 heteroatoms. The summed E-state index contributed by atoms with van der Waals surface area (Å²) in [6.07, 6.45) is 0. The van der Waals surface area contributed by atoms with Crippen LogP contribution in [0.4, 0.5) is 5.69 Å². The van der Waals surface area contributed by atoms with Crippen LogP contribution >= 0.6 is 31.9 Å². The molecule has 0 saturated heterocycles. The Hall–Kier alpha value is -1.33. The summed E-state index contributed by atoms with van der Waals surface area (Å²) in [5.74, 6) is 0.481. The zero-order chi connectivity index (χ0) is 15.4. The molecule has 0 unspecified atom stereocenters. The molecule has 0 heterocycles. The number of rotatable bonds is 4. The Balaban J connectivity index is 1.94. The Morgan fingerprint density at radius 1 is 1.10 bits per heavy atom. The third-order valence-electron chi connectivity index (χ3n) is 2.90. The van der Waals surface area contributed by atoms with Crippen molar-refractivity contribution in [3.63, 3.8) is 0 Å². The summed E-state index contributed by atoms with van der Waals surface area (Å²) in [6.45, 7) is 3.94. The van der Waals surface area contributed by atoms with Crippen molar-refractivity contribution < 1.29 is 9.53 Å². The van der Waals surface area contributed by atoms with E-state index in [1.807, 2.05) is 50.2 Å². The van der Waals surface area contributed by atoms with Gasteiger partial charge in [-0.25, -0.2) is 0 Å². The van der Waals surface area contributed by atoms with Crippen LogP contribution in [0.15, 0.2) is 45.3 Å². The summed E-state index contributed by atoms with van der Waals surface area (Å²) < 4.78 is 7.36. The van der Waals surface area contributed by atoms with Gasteiger partial charge in [0.15, 0.2) is 6.61 Å². The van der Waals surface area contributed by atoms with Gasteiger partial charge in [-0.15, -0.1) is 0 Å². The highest BCUT2D eigenvalue weighted by molar-refractivity contribution is 9.10. The van der Waals surface area contributed by atoms with E-state index in [-0.39, 0.29) is 12.5 Å². The fraction of sp³-hybridized carbons (Fsp3) is 0.188. The molecule has 0 bridgehead atoms. The van der Waals surface area contributed by atoms with Crippen molar-refractivity contribution in [2.75, 3.05) is 11.9 Å². The molecule has 2 rings (SSSR count). The molecule has 1 N–H and O–H groups in total. The average molecular weight is 413 g/mol. The van der Waals surface area contributed by atoms with Crippen molar-refractivity contribution >= 4 is 43.5 Å². The Morgan fingerprint density at radius 2 is 1.86 bits per heavy atom. The molecular weight excluding hydrogens is 398 g/mol. The largest absolute Gasteiger partial charge is 0.484 e. The fourth-order valence-corrected chi connectivity index (χ4v) is 2.60. The van der Waals surface area contributed by atoms with E-state index >= 15 is 0 Å². The Morgan fingerprint density at radius 3 is 2.52 bits per heavy atom. The maximum atomic E-state index is 11.9. The molecule has 0 radical (unpaired) electrons. The number of anilines is 1. The number of carbonyl (C=O) groups is 1.